The van der Waals surface area contributed by atoms with Crippen molar-refractivity contribution >= 4 is 21.4 Å². The molecule has 25 heavy (non-hydrogen) atoms. The first kappa shape index (κ1) is 18.5. The van der Waals surface area contributed by atoms with Gasteiger partial charge < -0.3 is 4.90 Å². The Bertz CT molecular complexity index is 742. The molecule has 3 rings (SSSR count). The highest BCUT2D eigenvalue weighted by molar-refractivity contribution is 7.91. The predicted octanol–water partition coefficient (Wildman–Crippen LogP) is 1.80. The molecule has 0 radical (unpaired) electrons. The first-order chi connectivity index (χ1) is 12.1. The van der Waals surface area contributed by atoms with Gasteiger partial charge in [0.25, 0.3) is 0 Å². The molecule has 8 heteroatoms. The zero-order chi connectivity index (χ0) is 17.7. The molecule has 136 valence electrons. The van der Waals surface area contributed by atoms with Gasteiger partial charge >= 0.3 is 0 Å². The third-order valence-electron chi connectivity index (χ3n) is 4.59. The van der Waals surface area contributed by atoms with Gasteiger partial charge in [0, 0.05) is 51.2 Å². The van der Waals surface area contributed by atoms with E-state index < -0.39 is 10.0 Å². The molecule has 1 N–H and O–H groups in total. The second-order valence-corrected chi connectivity index (χ2v) is 9.00. The van der Waals surface area contributed by atoms with Crippen LogP contribution in [0.3, 0.4) is 0 Å². The largest absolute Gasteiger partial charge is 0.301 e. The summed E-state index contributed by atoms with van der Waals surface area (Å²) in [5.74, 6) is 0. The van der Waals surface area contributed by atoms with E-state index in [1.807, 2.05) is 18.3 Å². The van der Waals surface area contributed by atoms with Crippen LogP contribution >= 0.6 is 11.3 Å². The van der Waals surface area contributed by atoms with Crippen LogP contribution in [-0.4, -0.2) is 62.5 Å². The van der Waals surface area contributed by atoms with Crippen LogP contribution in [0, 0.1) is 0 Å². The van der Waals surface area contributed by atoms with Crippen molar-refractivity contribution in [3.05, 3.63) is 47.6 Å². The quantitative estimate of drug-likeness (QED) is 0.793. The molecule has 1 atom stereocenters. The molecule has 1 aliphatic heterocycles. The molecular formula is C17H24N4O2S2. The van der Waals surface area contributed by atoms with E-state index in [0.717, 1.165) is 38.3 Å². The first-order valence-corrected chi connectivity index (χ1v) is 10.9. The minimum Gasteiger partial charge on any atom is -0.301 e. The summed E-state index contributed by atoms with van der Waals surface area (Å²) in [6, 6.07) is 7.29. The SMILES string of the molecule is CCN1CCN([C@@H](CNS(=O)(=O)c2cccs2)c2cccnc2)CC1. The van der Waals surface area contributed by atoms with Crippen molar-refractivity contribution in [2.24, 2.45) is 0 Å². The van der Waals surface area contributed by atoms with Gasteiger partial charge in [-0.05, 0) is 29.6 Å². The number of hydrogen-bond donors (Lipinski definition) is 1. The van der Waals surface area contributed by atoms with E-state index in [-0.39, 0.29) is 6.04 Å². The van der Waals surface area contributed by atoms with Crippen LogP contribution in [0.25, 0.3) is 0 Å². The fourth-order valence-electron chi connectivity index (χ4n) is 3.10. The van der Waals surface area contributed by atoms with Crippen molar-refractivity contribution in [2.45, 2.75) is 17.2 Å². The Morgan fingerprint density at radius 3 is 2.64 bits per heavy atom. The summed E-state index contributed by atoms with van der Waals surface area (Å²) in [7, 11) is -3.46. The average Bonchev–Trinajstić information content (AvgIpc) is 3.19. The second-order valence-electron chi connectivity index (χ2n) is 6.06. The van der Waals surface area contributed by atoms with Crippen LogP contribution in [0.4, 0.5) is 0 Å². The van der Waals surface area contributed by atoms with Crippen LogP contribution < -0.4 is 4.72 Å². The molecule has 0 spiro atoms. The zero-order valence-corrected chi connectivity index (χ0v) is 16.0. The molecule has 2 aromatic rings. The number of nitrogens with one attached hydrogen (secondary N) is 1. The summed E-state index contributed by atoms with van der Waals surface area (Å²) in [5, 5.41) is 1.77. The highest BCUT2D eigenvalue weighted by atomic mass is 32.2. The lowest BCUT2D eigenvalue weighted by atomic mass is 10.1. The molecule has 0 aromatic carbocycles. The lowest BCUT2D eigenvalue weighted by Gasteiger charge is -2.39. The molecule has 2 aromatic heterocycles. The number of aromatic nitrogens is 1. The maximum Gasteiger partial charge on any atom is 0.250 e. The van der Waals surface area contributed by atoms with E-state index in [9.17, 15) is 8.42 Å². The lowest BCUT2D eigenvalue weighted by molar-refractivity contribution is 0.100. The number of pyridine rings is 1. The number of hydrogen-bond acceptors (Lipinski definition) is 6. The van der Waals surface area contributed by atoms with Gasteiger partial charge in [-0.1, -0.05) is 19.1 Å². The summed E-state index contributed by atoms with van der Waals surface area (Å²) in [6.07, 6.45) is 3.57. The van der Waals surface area contributed by atoms with Crippen molar-refractivity contribution in [2.75, 3.05) is 39.3 Å². The Morgan fingerprint density at radius 2 is 2.04 bits per heavy atom. The third kappa shape index (κ3) is 4.65. The third-order valence-corrected chi connectivity index (χ3v) is 7.41. The number of rotatable bonds is 7. The van der Waals surface area contributed by atoms with Crippen LogP contribution in [0.2, 0.25) is 0 Å². The molecular weight excluding hydrogens is 356 g/mol. The Kier molecular flexibility index (Phi) is 6.19. The molecule has 1 saturated heterocycles. The fourth-order valence-corrected chi connectivity index (χ4v) is 5.17. The predicted molar refractivity (Wildman–Crippen MR) is 100 cm³/mol. The number of sulfonamides is 1. The minimum atomic E-state index is -3.46. The summed E-state index contributed by atoms with van der Waals surface area (Å²) in [5.41, 5.74) is 1.04. The Hall–Kier alpha value is -1.32. The highest BCUT2D eigenvalue weighted by Gasteiger charge is 2.26. The van der Waals surface area contributed by atoms with E-state index in [2.05, 4.69) is 26.4 Å². The van der Waals surface area contributed by atoms with Crippen LogP contribution in [0.5, 0.6) is 0 Å². The van der Waals surface area contributed by atoms with E-state index in [1.165, 1.54) is 11.3 Å². The lowest BCUT2D eigenvalue weighted by Crippen LogP contribution is -2.49. The molecule has 0 amide bonds. The molecule has 0 saturated carbocycles. The first-order valence-electron chi connectivity index (χ1n) is 8.49. The molecule has 0 bridgehead atoms. The summed E-state index contributed by atoms with van der Waals surface area (Å²) < 4.78 is 28.1. The van der Waals surface area contributed by atoms with Gasteiger partial charge in [-0.15, -0.1) is 11.3 Å². The van der Waals surface area contributed by atoms with Gasteiger partial charge in [-0.3, -0.25) is 9.88 Å². The Balaban J connectivity index is 1.74. The summed E-state index contributed by atoms with van der Waals surface area (Å²) >= 11 is 1.23. The highest BCUT2D eigenvalue weighted by Crippen LogP contribution is 2.22. The smallest absolute Gasteiger partial charge is 0.250 e. The van der Waals surface area contributed by atoms with E-state index in [4.69, 9.17) is 0 Å². The maximum atomic E-state index is 12.5. The van der Waals surface area contributed by atoms with Gasteiger partial charge in [-0.2, -0.15) is 0 Å². The van der Waals surface area contributed by atoms with Crippen molar-refractivity contribution in [3.8, 4) is 0 Å². The maximum absolute atomic E-state index is 12.5. The van der Waals surface area contributed by atoms with Crippen molar-refractivity contribution in [1.82, 2.24) is 19.5 Å². The Morgan fingerprint density at radius 1 is 1.24 bits per heavy atom. The fraction of sp³-hybridized carbons (Fsp3) is 0.471. The molecule has 0 aliphatic carbocycles. The standard InChI is InChI=1S/C17H24N4O2S2/c1-2-20-8-10-21(11-9-20)16(15-5-3-7-18-13-15)14-19-25(22,23)17-6-4-12-24-17/h3-7,12-13,16,19H,2,8-11,14H2,1H3/t16-/m0/s1. The van der Waals surface area contributed by atoms with Crippen molar-refractivity contribution < 1.29 is 8.42 Å². The monoisotopic (exact) mass is 380 g/mol. The van der Waals surface area contributed by atoms with Gasteiger partial charge in [0.15, 0.2) is 0 Å². The average molecular weight is 381 g/mol. The van der Waals surface area contributed by atoms with E-state index in [0.29, 0.717) is 10.8 Å². The number of nitrogens with zero attached hydrogens (tertiary/aromatic N) is 3. The molecule has 0 unspecified atom stereocenters. The topological polar surface area (TPSA) is 65.5 Å². The van der Waals surface area contributed by atoms with Gasteiger partial charge in [0.1, 0.15) is 4.21 Å². The van der Waals surface area contributed by atoms with Crippen LogP contribution in [-0.2, 0) is 10.0 Å². The van der Waals surface area contributed by atoms with Crippen molar-refractivity contribution in [1.29, 1.82) is 0 Å². The minimum absolute atomic E-state index is 0.0116. The molecule has 1 fully saturated rings. The normalized spacial score (nSPS) is 18.3. The molecule has 1 aliphatic rings. The van der Waals surface area contributed by atoms with Crippen LogP contribution in [0.1, 0.15) is 18.5 Å². The number of likely N-dealkylation sites (N-methyl/N-ethyl adjacent to an activating group) is 1. The Labute approximate surface area is 153 Å². The molecule has 6 nitrogen and oxygen atoms in total. The summed E-state index contributed by atoms with van der Waals surface area (Å²) in [4.78, 5) is 8.97. The second kappa shape index (κ2) is 8.37. The number of thiophene rings is 1. The van der Waals surface area contributed by atoms with Crippen molar-refractivity contribution in [3.63, 3.8) is 0 Å². The zero-order valence-electron chi connectivity index (χ0n) is 14.3. The van der Waals surface area contributed by atoms with Crippen LogP contribution in [0.15, 0.2) is 46.2 Å². The van der Waals surface area contributed by atoms with Gasteiger partial charge in [-0.25, -0.2) is 13.1 Å². The molecule has 3 heterocycles. The van der Waals surface area contributed by atoms with E-state index >= 15 is 0 Å². The summed E-state index contributed by atoms with van der Waals surface area (Å²) in [6.45, 7) is 7.43. The van der Waals surface area contributed by atoms with Gasteiger partial charge in [0.2, 0.25) is 10.0 Å². The van der Waals surface area contributed by atoms with Gasteiger partial charge in [0.05, 0.1) is 0 Å². The van der Waals surface area contributed by atoms with E-state index in [1.54, 1.807) is 23.7 Å². The number of piperazine rings is 1.